The molecule has 0 aliphatic carbocycles. The van der Waals surface area contributed by atoms with Crippen LogP contribution in [-0.2, 0) is 4.79 Å². The standard InChI is InChI=1S/C7H11N3OS.ClH/c1-5(8)6(11)10(2)7-9-3-4-12-7;/h3-5H,8H2,1-2H3;1H. The first kappa shape index (κ1) is 12.3. The van der Waals surface area contributed by atoms with E-state index in [0.29, 0.717) is 5.13 Å². The predicted octanol–water partition coefficient (Wildman–Crippen LogP) is 0.875. The predicted molar refractivity (Wildman–Crippen MR) is 56.4 cm³/mol. The van der Waals surface area contributed by atoms with Gasteiger partial charge in [-0.3, -0.25) is 9.69 Å². The van der Waals surface area contributed by atoms with Crippen LogP contribution in [0.2, 0.25) is 0 Å². The van der Waals surface area contributed by atoms with Crippen molar-refractivity contribution < 1.29 is 4.79 Å². The molecular formula is C7H12ClN3OS. The number of hydrogen-bond acceptors (Lipinski definition) is 4. The highest BCUT2D eigenvalue weighted by Gasteiger charge is 2.16. The summed E-state index contributed by atoms with van der Waals surface area (Å²) in [6, 6.07) is -0.473. The number of anilines is 1. The van der Waals surface area contributed by atoms with E-state index < -0.39 is 6.04 Å². The van der Waals surface area contributed by atoms with Crippen LogP contribution in [-0.4, -0.2) is 24.0 Å². The van der Waals surface area contributed by atoms with Gasteiger partial charge < -0.3 is 5.73 Å². The second-order valence-corrected chi connectivity index (χ2v) is 3.37. The maximum atomic E-state index is 11.3. The van der Waals surface area contributed by atoms with Crippen LogP contribution in [0.25, 0.3) is 0 Å². The molecule has 1 amide bonds. The van der Waals surface area contributed by atoms with Gasteiger partial charge >= 0.3 is 0 Å². The van der Waals surface area contributed by atoms with Gasteiger partial charge in [0.2, 0.25) is 5.91 Å². The van der Waals surface area contributed by atoms with E-state index in [-0.39, 0.29) is 18.3 Å². The van der Waals surface area contributed by atoms with E-state index in [2.05, 4.69) is 4.98 Å². The molecule has 0 saturated heterocycles. The summed E-state index contributed by atoms with van der Waals surface area (Å²) in [6.45, 7) is 1.66. The smallest absolute Gasteiger partial charge is 0.245 e. The van der Waals surface area contributed by atoms with Crippen molar-refractivity contribution in [3.63, 3.8) is 0 Å². The lowest BCUT2D eigenvalue weighted by Crippen LogP contribution is -2.39. The molecule has 0 radical (unpaired) electrons. The van der Waals surface area contributed by atoms with E-state index in [0.717, 1.165) is 0 Å². The molecule has 1 heterocycles. The van der Waals surface area contributed by atoms with Crippen LogP contribution >= 0.6 is 23.7 Å². The maximum Gasteiger partial charge on any atom is 0.245 e. The van der Waals surface area contributed by atoms with E-state index in [4.69, 9.17) is 5.73 Å². The van der Waals surface area contributed by atoms with Gasteiger partial charge in [-0.1, -0.05) is 0 Å². The van der Waals surface area contributed by atoms with Gasteiger partial charge in [0.15, 0.2) is 5.13 Å². The van der Waals surface area contributed by atoms with Crippen LogP contribution in [0.4, 0.5) is 5.13 Å². The fraction of sp³-hybridized carbons (Fsp3) is 0.429. The Morgan fingerprint density at radius 1 is 1.77 bits per heavy atom. The molecule has 0 aliphatic rings. The van der Waals surface area contributed by atoms with Gasteiger partial charge in [0.05, 0.1) is 6.04 Å². The molecule has 1 rings (SSSR count). The largest absolute Gasteiger partial charge is 0.320 e. The highest BCUT2D eigenvalue weighted by Crippen LogP contribution is 2.15. The Morgan fingerprint density at radius 2 is 2.38 bits per heavy atom. The lowest BCUT2D eigenvalue weighted by molar-refractivity contribution is -0.119. The van der Waals surface area contributed by atoms with Crippen LogP contribution in [0.5, 0.6) is 0 Å². The highest BCUT2D eigenvalue weighted by molar-refractivity contribution is 7.13. The monoisotopic (exact) mass is 221 g/mol. The molecule has 1 atom stereocenters. The van der Waals surface area contributed by atoms with Crippen molar-refractivity contribution in [3.8, 4) is 0 Å². The average Bonchev–Trinajstić information content (AvgIpc) is 2.53. The number of carbonyl (C=O) groups is 1. The molecule has 4 nitrogen and oxygen atoms in total. The molecule has 1 aromatic heterocycles. The van der Waals surface area contributed by atoms with E-state index in [1.165, 1.54) is 16.2 Å². The number of nitrogens with zero attached hydrogens (tertiary/aromatic N) is 2. The molecule has 74 valence electrons. The van der Waals surface area contributed by atoms with Gasteiger partial charge in [0.1, 0.15) is 0 Å². The number of carbonyl (C=O) groups excluding carboxylic acids is 1. The maximum absolute atomic E-state index is 11.3. The minimum Gasteiger partial charge on any atom is -0.320 e. The lowest BCUT2D eigenvalue weighted by Gasteiger charge is -2.15. The number of rotatable bonds is 2. The van der Waals surface area contributed by atoms with Crippen molar-refractivity contribution in [2.75, 3.05) is 11.9 Å². The third-order valence-corrected chi connectivity index (χ3v) is 2.27. The van der Waals surface area contributed by atoms with Crippen molar-refractivity contribution in [3.05, 3.63) is 11.6 Å². The Balaban J connectivity index is 0.00000144. The number of nitrogens with two attached hydrogens (primary N) is 1. The van der Waals surface area contributed by atoms with Crippen LogP contribution in [0, 0.1) is 0 Å². The van der Waals surface area contributed by atoms with Crippen LogP contribution < -0.4 is 10.6 Å². The molecule has 0 aliphatic heterocycles. The summed E-state index contributed by atoms with van der Waals surface area (Å²) in [5, 5.41) is 2.50. The Hall–Kier alpha value is -0.650. The molecule has 0 aromatic carbocycles. The number of likely N-dealkylation sites (N-methyl/N-ethyl adjacent to an activating group) is 1. The van der Waals surface area contributed by atoms with Crippen LogP contribution in [0.3, 0.4) is 0 Å². The second-order valence-electron chi connectivity index (χ2n) is 2.50. The van der Waals surface area contributed by atoms with E-state index in [1.807, 2.05) is 5.38 Å². The summed E-state index contributed by atoms with van der Waals surface area (Å²) in [6.07, 6.45) is 1.66. The highest BCUT2D eigenvalue weighted by atomic mass is 35.5. The first-order valence-corrected chi connectivity index (χ1v) is 4.43. The molecule has 13 heavy (non-hydrogen) atoms. The normalized spacial score (nSPS) is 11.6. The molecule has 0 bridgehead atoms. The molecule has 1 unspecified atom stereocenters. The zero-order valence-electron chi connectivity index (χ0n) is 7.43. The van der Waals surface area contributed by atoms with Gasteiger partial charge in [-0.25, -0.2) is 4.98 Å². The van der Waals surface area contributed by atoms with Crippen LogP contribution in [0.15, 0.2) is 11.6 Å². The lowest BCUT2D eigenvalue weighted by atomic mass is 10.3. The summed E-state index contributed by atoms with van der Waals surface area (Å²) in [5.41, 5.74) is 5.43. The number of hydrogen-bond donors (Lipinski definition) is 1. The molecule has 6 heteroatoms. The quantitative estimate of drug-likeness (QED) is 0.807. The van der Waals surface area contributed by atoms with Crippen molar-refractivity contribution in [1.29, 1.82) is 0 Å². The van der Waals surface area contributed by atoms with E-state index in [9.17, 15) is 4.79 Å². The zero-order chi connectivity index (χ0) is 9.14. The Kier molecular flexibility index (Phi) is 4.90. The number of halogens is 1. The summed E-state index contributed by atoms with van der Waals surface area (Å²) >= 11 is 1.42. The van der Waals surface area contributed by atoms with Gasteiger partial charge in [-0.15, -0.1) is 23.7 Å². The summed E-state index contributed by atoms with van der Waals surface area (Å²) < 4.78 is 0. The number of amides is 1. The number of thiazole rings is 1. The summed E-state index contributed by atoms with van der Waals surface area (Å²) in [4.78, 5) is 16.8. The minimum atomic E-state index is -0.473. The van der Waals surface area contributed by atoms with Gasteiger partial charge in [0.25, 0.3) is 0 Å². The van der Waals surface area contributed by atoms with E-state index >= 15 is 0 Å². The first-order chi connectivity index (χ1) is 5.63. The van der Waals surface area contributed by atoms with Gasteiger partial charge in [0, 0.05) is 18.6 Å². The first-order valence-electron chi connectivity index (χ1n) is 3.55. The molecule has 0 fully saturated rings. The SMILES string of the molecule is CC(N)C(=O)N(C)c1nccs1.Cl. The zero-order valence-corrected chi connectivity index (χ0v) is 9.06. The Morgan fingerprint density at radius 3 is 2.77 bits per heavy atom. The van der Waals surface area contributed by atoms with Crippen molar-refractivity contribution in [2.45, 2.75) is 13.0 Å². The van der Waals surface area contributed by atoms with Crippen molar-refractivity contribution in [2.24, 2.45) is 5.73 Å². The molecular weight excluding hydrogens is 210 g/mol. The molecule has 0 spiro atoms. The second kappa shape index (κ2) is 5.16. The fourth-order valence-corrected chi connectivity index (χ4v) is 1.39. The van der Waals surface area contributed by atoms with E-state index in [1.54, 1.807) is 20.2 Å². The molecule has 2 N–H and O–H groups in total. The minimum absolute atomic E-state index is 0. The summed E-state index contributed by atoms with van der Waals surface area (Å²) in [7, 11) is 1.67. The molecule has 1 aromatic rings. The fourth-order valence-electron chi connectivity index (χ4n) is 0.781. The van der Waals surface area contributed by atoms with Crippen molar-refractivity contribution >= 4 is 34.8 Å². The van der Waals surface area contributed by atoms with Gasteiger partial charge in [-0.2, -0.15) is 0 Å². The van der Waals surface area contributed by atoms with Crippen molar-refractivity contribution in [1.82, 2.24) is 4.98 Å². The average molecular weight is 222 g/mol. The topological polar surface area (TPSA) is 59.2 Å². The third-order valence-electron chi connectivity index (χ3n) is 1.43. The van der Waals surface area contributed by atoms with Gasteiger partial charge in [-0.05, 0) is 6.92 Å². The van der Waals surface area contributed by atoms with Crippen LogP contribution in [0.1, 0.15) is 6.92 Å². The number of aromatic nitrogens is 1. The Bertz CT molecular complexity index is 263. The molecule has 0 saturated carbocycles. The summed E-state index contributed by atoms with van der Waals surface area (Å²) in [5.74, 6) is -0.120. The third kappa shape index (κ3) is 2.95. The Labute approximate surface area is 87.2 Å².